The zero-order chi connectivity index (χ0) is 14.6. The number of hydrogen-bond donors (Lipinski definition) is 2. The van der Waals surface area contributed by atoms with E-state index in [2.05, 4.69) is 5.32 Å². The van der Waals surface area contributed by atoms with Crippen LogP contribution < -0.4 is 5.32 Å². The molecule has 1 aromatic rings. The van der Waals surface area contributed by atoms with Crippen LogP contribution in [0.2, 0.25) is 0 Å². The van der Waals surface area contributed by atoms with E-state index in [9.17, 15) is 9.90 Å². The number of thioether (sulfide) groups is 1. The fourth-order valence-electron chi connectivity index (χ4n) is 2.02. The molecule has 19 heavy (non-hydrogen) atoms. The summed E-state index contributed by atoms with van der Waals surface area (Å²) in [5, 5.41) is 13.3. The van der Waals surface area contributed by atoms with E-state index >= 15 is 0 Å². The van der Waals surface area contributed by atoms with Crippen molar-refractivity contribution in [3.63, 3.8) is 0 Å². The summed E-state index contributed by atoms with van der Waals surface area (Å²) >= 11 is 1.64. The van der Waals surface area contributed by atoms with E-state index < -0.39 is 5.60 Å². The van der Waals surface area contributed by atoms with Crippen LogP contribution in [0.1, 0.15) is 30.9 Å². The Morgan fingerprint density at radius 3 is 2.68 bits per heavy atom. The van der Waals surface area contributed by atoms with E-state index in [-0.39, 0.29) is 18.4 Å². The molecule has 2 unspecified atom stereocenters. The first-order valence-electron chi connectivity index (χ1n) is 6.34. The number of hydrogen-bond acceptors (Lipinski definition) is 4. The Morgan fingerprint density at radius 2 is 2.21 bits per heavy atom. The smallest absolute Gasteiger partial charge is 0.223 e. The van der Waals surface area contributed by atoms with Gasteiger partial charge in [0.2, 0.25) is 5.91 Å². The molecule has 0 aliphatic heterocycles. The first-order valence-corrected chi connectivity index (χ1v) is 7.74. The molecule has 0 saturated heterocycles. The van der Waals surface area contributed by atoms with E-state index in [1.165, 1.54) is 0 Å². The van der Waals surface area contributed by atoms with Crippen LogP contribution in [0.15, 0.2) is 10.5 Å². The number of aliphatic hydroxyl groups is 1. The third-order valence-electron chi connectivity index (χ3n) is 3.09. The van der Waals surface area contributed by atoms with Crippen LogP contribution in [0, 0.1) is 19.8 Å². The van der Waals surface area contributed by atoms with Crippen LogP contribution in [-0.2, 0) is 10.4 Å². The van der Waals surface area contributed by atoms with Gasteiger partial charge < -0.3 is 14.8 Å². The molecule has 1 heterocycles. The van der Waals surface area contributed by atoms with Gasteiger partial charge in [-0.1, -0.05) is 6.92 Å². The van der Waals surface area contributed by atoms with E-state index in [1.54, 1.807) is 18.7 Å². The molecule has 2 atom stereocenters. The quantitative estimate of drug-likeness (QED) is 0.841. The number of carbonyl (C=O) groups is 1. The Morgan fingerprint density at radius 1 is 1.58 bits per heavy atom. The minimum atomic E-state index is -1.11. The van der Waals surface area contributed by atoms with Crippen molar-refractivity contribution in [1.82, 2.24) is 5.32 Å². The van der Waals surface area contributed by atoms with Gasteiger partial charge in [0.05, 0.1) is 6.54 Å². The highest BCUT2D eigenvalue weighted by Crippen LogP contribution is 2.26. The number of carbonyl (C=O) groups excluding carboxylic acids is 1. The van der Waals surface area contributed by atoms with Crippen LogP contribution >= 0.6 is 11.8 Å². The van der Waals surface area contributed by atoms with Gasteiger partial charge in [0, 0.05) is 17.2 Å². The predicted molar refractivity (Wildman–Crippen MR) is 78.3 cm³/mol. The van der Waals surface area contributed by atoms with Gasteiger partial charge in [-0.05, 0) is 33.1 Å². The largest absolute Gasteiger partial charge is 0.466 e. The molecule has 0 aliphatic rings. The summed E-state index contributed by atoms with van der Waals surface area (Å²) in [4.78, 5) is 11.8. The molecule has 4 nitrogen and oxygen atoms in total. The normalized spacial score (nSPS) is 15.9. The number of aryl methyl sites for hydroxylation is 2. The van der Waals surface area contributed by atoms with Gasteiger partial charge in [-0.2, -0.15) is 11.8 Å². The number of nitrogens with one attached hydrogen (secondary N) is 1. The lowest BCUT2D eigenvalue weighted by molar-refractivity contribution is -0.125. The van der Waals surface area contributed by atoms with Gasteiger partial charge in [-0.25, -0.2) is 0 Å². The zero-order valence-corrected chi connectivity index (χ0v) is 13.1. The highest BCUT2D eigenvalue weighted by atomic mass is 32.2. The maximum Gasteiger partial charge on any atom is 0.223 e. The van der Waals surface area contributed by atoms with Gasteiger partial charge in [0.15, 0.2) is 0 Å². The molecule has 1 amide bonds. The number of furan rings is 1. The Kier molecular flexibility index (Phi) is 5.50. The number of amides is 1. The molecule has 2 N–H and O–H groups in total. The van der Waals surface area contributed by atoms with Gasteiger partial charge in [0.25, 0.3) is 0 Å². The van der Waals surface area contributed by atoms with Crippen molar-refractivity contribution >= 4 is 17.7 Å². The van der Waals surface area contributed by atoms with Crippen LogP contribution in [0.4, 0.5) is 0 Å². The Hall–Kier alpha value is -0.940. The van der Waals surface area contributed by atoms with Crippen molar-refractivity contribution in [3.8, 4) is 0 Å². The van der Waals surface area contributed by atoms with E-state index in [4.69, 9.17) is 4.42 Å². The maximum atomic E-state index is 11.8. The summed E-state index contributed by atoms with van der Waals surface area (Å²) in [6.07, 6.45) is 1.97. The molecule has 0 aromatic carbocycles. The molecule has 108 valence electrons. The SMILES string of the molecule is CSCC(C)C(=O)NCC(C)(O)c1cc(C)oc1C. The first-order chi connectivity index (χ1) is 8.77. The molecule has 0 saturated carbocycles. The fourth-order valence-corrected chi connectivity index (χ4v) is 2.67. The summed E-state index contributed by atoms with van der Waals surface area (Å²) in [5.41, 5.74) is -0.390. The molecule has 5 heteroatoms. The molecule has 1 rings (SSSR count). The summed E-state index contributed by atoms with van der Waals surface area (Å²) in [7, 11) is 0. The Balaban J connectivity index is 2.65. The minimum absolute atomic E-state index is 0.0347. The maximum absolute atomic E-state index is 11.8. The zero-order valence-electron chi connectivity index (χ0n) is 12.2. The van der Waals surface area contributed by atoms with E-state index in [0.29, 0.717) is 5.76 Å². The molecule has 0 bridgehead atoms. The summed E-state index contributed by atoms with van der Waals surface area (Å²) < 4.78 is 5.42. The fraction of sp³-hybridized carbons (Fsp3) is 0.643. The first kappa shape index (κ1) is 16.1. The standard InChI is InChI=1S/C14H23NO3S/c1-9(7-19-5)13(16)15-8-14(4,17)12-6-10(2)18-11(12)3/h6,9,17H,7-8H2,1-5H3,(H,15,16). The summed E-state index contributed by atoms with van der Waals surface area (Å²) in [6, 6.07) is 1.81. The van der Waals surface area contributed by atoms with Crippen LogP contribution in [0.5, 0.6) is 0 Å². The lowest BCUT2D eigenvalue weighted by Crippen LogP contribution is -2.41. The Labute approximate surface area is 119 Å². The van der Waals surface area contributed by atoms with Gasteiger partial charge in [0.1, 0.15) is 17.1 Å². The van der Waals surface area contributed by atoms with Crippen LogP contribution in [-0.4, -0.2) is 29.6 Å². The third kappa shape index (κ3) is 4.28. The lowest BCUT2D eigenvalue weighted by atomic mass is 9.96. The molecule has 1 aromatic heterocycles. The van der Waals surface area contributed by atoms with E-state index in [0.717, 1.165) is 17.1 Å². The molecular formula is C14H23NO3S. The summed E-state index contributed by atoms with van der Waals surface area (Å²) in [6.45, 7) is 7.41. The highest BCUT2D eigenvalue weighted by molar-refractivity contribution is 7.98. The van der Waals surface area contributed by atoms with Crippen molar-refractivity contribution in [2.75, 3.05) is 18.6 Å². The van der Waals surface area contributed by atoms with Crippen LogP contribution in [0.3, 0.4) is 0 Å². The third-order valence-corrected chi connectivity index (χ3v) is 3.93. The van der Waals surface area contributed by atoms with Gasteiger partial charge in [-0.3, -0.25) is 4.79 Å². The van der Waals surface area contributed by atoms with Crippen molar-refractivity contribution < 1.29 is 14.3 Å². The van der Waals surface area contributed by atoms with Crippen molar-refractivity contribution in [3.05, 3.63) is 23.2 Å². The van der Waals surface area contributed by atoms with Crippen molar-refractivity contribution in [2.24, 2.45) is 5.92 Å². The monoisotopic (exact) mass is 285 g/mol. The second kappa shape index (κ2) is 6.48. The van der Waals surface area contributed by atoms with Crippen molar-refractivity contribution in [2.45, 2.75) is 33.3 Å². The topological polar surface area (TPSA) is 62.5 Å². The van der Waals surface area contributed by atoms with Gasteiger partial charge in [-0.15, -0.1) is 0 Å². The van der Waals surface area contributed by atoms with E-state index in [1.807, 2.05) is 33.1 Å². The number of rotatable bonds is 6. The van der Waals surface area contributed by atoms with Gasteiger partial charge >= 0.3 is 0 Å². The van der Waals surface area contributed by atoms with Crippen molar-refractivity contribution in [1.29, 1.82) is 0 Å². The van der Waals surface area contributed by atoms with Crippen LogP contribution in [0.25, 0.3) is 0 Å². The predicted octanol–water partition coefficient (Wildman–Crippen LogP) is 2.22. The second-order valence-electron chi connectivity index (χ2n) is 5.17. The molecule has 0 fully saturated rings. The average Bonchev–Trinajstić information content (AvgIpc) is 2.66. The molecule has 0 aliphatic carbocycles. The molecular weight excluding hydrogens is 262 g/mol. The molecule has 0 spiro atoms. The Bertz CT molecular complexity index is 440. The lowest BCUT2D eigenvalue weighted by Gasteiger charge is -2.24. The molecule has 0 radical (unpaired) electrons. The minimum Gasteiger partial charge on any atom is -0.466 e. The second-order valence-corrected chi connectivity index (χ2v) is 6.09. The summed E-state index contributed by atoms with van der Waals surface area (Å²) in [5.74, 6) is 2.13. The average molecular weight is 285 g/mol. The highest BCUT2D eigenvalue weighted by Gasteiger charge is 2.28.